The highest BCUT2D eigenvalue weighted by molar-refractivity contribution is 6.33. The maximum absolute atomic E-state index is 12.3. The van der Waals surface area contributed by atoms with Gasteiger partial charge in [0.25, 0.3) is 0 Å². The topological polar surface area (TPSA) is 79.5 Å². The van der Waals surface area contributed by atoms with Gasteiger partial charge in [-0.15, -0.1) is 0 Å². The minimum atomic E-state index is -0.281. The SMILES string of the molecule is CCCC(=O)Nc1ccc(Cl)c(NCC(=O)Nc2cc(C)c(Cl)cc2OC)c1. The molecule has 0 saturated heterocycles. The molecule has 0 aliphatic rings. The van der Waals surface area contributed by atoms with Crippen molar-refractivity contribution in [3.8, 4) is 5.75 Å². The zero-order valence-electron chi connectivity index (χ0n) is 16.0. The molecule has 2 aromatic carbocycles. The fourth-order valence-electron chi connectivity index (χ4n) is 2.49. The zero-order chi connectivity index (χ0) is 20.7. The second-order valence-electron chi connectivity index (χ2n) is 6.20. The number of ether oxygens (including phenoxy) is 1. The van der Waals surface area contributed by atoms with Crippen LogP contribution in [0.2, 0.25) is 10.0 Å². The monoisotopic (exact) mass is 423 g/mol. The summed E-state index contributed by atoms with van der Waals surface area (Å²) in [4.78, 5) is 24.1. The molecule has 0 fully saturated rings. The van der Waals surface area contributed by atoms with Gasteiger partial charge in [-0.1, -0.05) is 30.1 Å². The lowest BCUT2D eigenvalue weighted by Crippen LogP contribution is -2.22. The van der Waals surface area contributed by atoms with Gasteiger partial charge in [-0.3, -0.25) is 9.59 Å². The summed E-state index contributed by atoms with van der Waals surface area (Å²) in [5.41, 5.74) is 2.51. The van der Waals surface area contributed by atoms with Crippen LogP contribution in [0.15, 0.2) is 30.3 Å². The van der Waals surface area contributed by atoms with Crippen LogP contribution in [-0.4, -0.2) is 25.5 Å². The number of methoxy groups -OCH3 is 1. The molecule has 0 aliphatic carbocycles. The van der Waals surface area contributed by atoms with E-state index in [4.69, 9.17) is 27.9 Å². The quantitative estimate of drug-likeness (QED) is 0.551. The number of halogens is 2. The Kier molecular flexibility index (Phi) is 7.96. The van der Waals surface area contributed by atoms with E-state index in [9.17, 15) is 9.59 Å². The first-order valence-corrected chi connectivity index (χ1v) is 9.57. The Labute approximate surface area is 174 Å². The van der Waals surface area contributed by atoms with Crippen molar-refractivity contribution in [1.82, 2.24) is 0 Å². The summed E-state index contributed by atoms with van der Waals surface area (Å²) in [5.74, 6) is 0.123. The smallest absolute Gasteiger partial charge is 0.243 e. The van der Waals surface area contributed by atoms with Crippen LogP contribution in [0.25, 0.3) is 0 Å². The summed E-state index contributed by atoms with van der Waals surface area (Å²) in [6, 6.07) is 8.46. The molecule has 2 amide bonds. The molecule has 150 valence electrons. The molecular formula is C20H23Cl2N3O3. The van der Waals surface area contributed by atoms with E-state index >= 15 is 0 Å². The van der Waals surface area contributed by atoms with Crippen molar-refractivity contribution in [2.45, 2.75) is 26.7 Å². The number of hydrogen-bond acceptors (Lipinski definition) is 4. The van der Waals surface area contributed by atoms with Crippen molar-refractivity contribution < 1.29 is 14.3 Å². The van der Waals surface area contributed by atoms with E-state index in [1.165, 1.54) is 7.11 Å². The lowest BCUT2D eigenvalue weighted by molar-refractivity contribution is -0.116. The number of rotatable bonds is 8. The molecule has 0 saturated carbocycles. The maximum atomic E-state index is 12.3. The minimum absolute atomic E-state index is 0.0170. The molecule has 28 heavy (non-hydrogen) atoms. The number of aryl methyl sites for hydroxylation is 1. The van der Waals surface area contributed by atoms with Gasteiger partial charge < -0.3 is 20.7 Å². The van der Waals surface area contributed by atoms with E-state index in [1.807, 2.05) is 13.8 Å². The molecule has 0 unspecified atom stereocenters. The summed E-state index contributed by atoms with van der Waals surface area (Å²) in [6.45, 7) is 3.76. The Morgan fingerprint density at radius 3 is 2.43 bits per heavy atom. The zero-order valence-corrected chi connectivity index (χ0v) is 17.5. The van der Waals surface area contributed by atoms with Crippen molar-refractivity contribution in [2.24, 2.45) is 0 Å². The molecule has 6 nitrogen and oxygen atoms in total. The third-order valence-electron chi connectivity index (χ3n) is 3.92. The van der Waals surface area contributed by atoms with Gasteiger partial charge in [-0.25, -0.2) is 0 Å². The highest BCUT2D eigenvalue weighted by atomic mass is 35.5. The molecule has 2 rings (SSSR count). The number of benzene rings is 2. The fraction of sp³-hybridized carbons (Fsp3) is 0.300. The van der Waals surface area contributed by atoms with Gasteiger partial charge in [-0.05, 0) is 43.2 Å². The van der Waals surface area contributed by atoms with Crippen LogP contribution in [-0.2, 0) is 9.59 Å². The summed E-state index contributed by atoms with van der Waals surface area (Å²) in [5, 5.41) is 9.56. The average Bonchev–Trinajstić information content (AvgIpc) is 2.65. The Morgan fingerprint density at radius 1 is 1.00 bits per heavy atom. The molecule has 3 N–H and O–H groups in total. The molecule has 0 aliphatic heterocycles. The number of nitrogens with one attached hydrogen (secondary N) is 3. The maximum Gasteiger partial charge on any atom is 0.243 e. The predicted molar refractivity (Wildman–Crippen MR) is 115 cm³/mol. The van der Waals surface area contributed by atoms with Crippen molar-refractivity contribution in [2.75, 3.05) is 29.6 Å². The average molecular weight is 424 g/mol. The van der Waals surface area contributed by atoms with E-state index in [0.717, 1.165) is 12.0 Å². The van der Waals surface area contributed by atoms with E-state index < -0.39 is 0 Å². The van der Waals surface area contributed by atoms with Gasteiger partial charge in [0, 0.05) is 23.2 Å². The van der Waals surface area contributed by atoms with Gasteiger partial charge >= 0.3 is 0 Å². The molecule has 0 atom stereocenters. The molecule has 0 spiro atoms. The molecular weight excluding hydrogens is 401 g/mol. The van der Waals surface area contributed by atoms with Gasteiger partial charge in [0.1, 0.15) is 5.75 Å². The van der Waals surface area contributed by atoms with Crippen LogP contribution in [0.4, 0.5) is 17.1 Å². The Balaban J connectivity index is 2.03. The predicted octanol–water partition coefficient (Wildman–Crippen LogP) is 5.10. The third-order valence-corrected chi connectivity index (χ3v) is 4.66. The number of anilines is 3. The number of hydrogen-bond donors (Lipinski definition) is 3. The second-order valence-corrected chi connectivity index (χ2v) is 7.01. The highest BCUT2D eigenvalue weighted by Gasteiger charge is 2.11. The van der Waals surface area contributed by atoms with E-state index in [1.54, 1.807) is 30.3 Å². The van der Waals surface area contributed by atoms with Crippen LogP contribution >= 0.6 is 23.2 Å². The molecule has 0 bridgehead atoms. The second kappa shape index (κ2) is 10.2. The summed E-state index contributed by atoms with van der Waals surface area (Å²) < 4.78 is 5.26. The van der Waals surface area contributed by atoms with Gasteiger partial charge in [0.05, 0.1) is 30.1 Å². The van der Waals surface area contributed by atoms with Gasteiger partial charge in [0.15, 0.2) is 0 Å². The minimum Gasteiger partial charge on any atom is -0.495 e. The van der Waals surface area contributed by atoms with Crippen LogP contribution < -0.4 is 20.7 Å². The van der Waals surface area contributed by atoms with Crippen molar-refractivity contribution in [1.29, 1.82) is 0 Å². The lowest BCUT2D eigenvalue weighted by Gasteiger charge is -2.14. The van der Waals surface area contributed by atoms with Crippen LogP contribution in [0, 0.1) is 6.92 Å². The van der Waals surface area contributed by atoms with Crippen molar-refractivity contribution in [3.63, 3.8) is 0 Å². The first-order chi connectivity index (χ1) is 13.3. The molecule has 0 aromatic heterocycles. The number of amides is 2. The first kappa shape index (κ1) is 21.9. The van der Waals surface area contributed by atoms with Crippen LogP contribution in [0.3, 0.4) is 0 Å². The summed E-state index contributed by atoms with van der Waals surface area (Å²) >= 11 is 12.3. The van der Waals surface area contributed by atoms with Crippen molar-refractivity contribution in [3.05, 3.63) is 45.9 Å². The number of carbonyl (C=O) groups excluding carboxylic acids is 2. The highest BCUT2D eigenvalue weighted by Crippen LogP contribution is 2.31. The number of carbonyl (C=O) groups is 2. The molecule has 0 radical (unpaired) electrons. The summed E-state index contributed by atoms with van der Waals surface area (Å²) in [7, 11) is 1.51. The van der Waals surface area contributed by atoms with Crippen LogP contribution in [0.5, 0.6) is 5.75 Å². The summed E-state index contributed by atoms with van der Waals surface area (Å²) in [6.07, 6.45) is 1.20. The van der Waals surface area contributed by atoms with Crippen molar-refractivity contribution >= 4 is 52.1 Å². The third kappa shape index (κ3) is 6.04. The van der Waals surface area contributed by atoms with Gasteiger partial charge in [0.2, 0.25) is 11.8 Å². The first-order valence-electron chi connectivity index (χ1n) is 8.81. The normalized spacial score (nSPS) is 10.3. The van der Waals surface area contributed by atoms with Crippen LogP contribution in [0.1, 0.15) is 25.3 Å². The molecule has 8 heteroatoms. The fourth-order valence-corrected chi connectivity index (χ4v) is 2.83. The van der Waals surface area contributed by atoms with E-state index in [2.05, 4.69) is 16.0 Å². The Hall–Kier alpha value is -2.44. The van der Waals surface area contributed by atoms with E-state index in [0.29, 0.717) is 39.3 Å². The van der Waals surface area contributed by atoms with E-state index in [-0.39, 0.29) is 18.4 Å². The molecule has 2 aromatic rings. The Bertz CT molecular complexity index is 872. The Morgan fingerprint density at radius 2 is 1.75 bits per heavy atom. The molecule has 0 heterocycles. The lowest BCUT2D eigenvalue weighted by atomic mass is 10.2. The van der Waals surface area contributed by atoms with Gasteiger partial charge in [-0.2, -0.15) is 0 Å². The largest absolute Gasteiger partial charge is 0.495 e. The standard InChI is InChI=1S/C20H23Cl2N3O3/c1-4-5-19(26)24-13-6-7-14(21)16(9-13)23-11-20(27)25-17-8-12(2)15(22)10-18(17)28-3/h6-10,23H,4-5,11H2,1-3H3,(H,24,26)(H,25,27).